The van der Waals surface area contributed by atoms with Gasteiger partial charge in [-0.2, -0.15) is 0 Å². The quantitative estimate of drug-likeness (QED) is 0.415. The molecule has 0 saturated carbocycles. The Morgan fingerprint density at radius 1 is 1.10 bits per heavy atom. The van der Waals surface area contributed by atoms with Gasteiger partial charge in [0.05, 0.1) is 11.9 Å². The van der Waals surface area contributed by atoms with Crippen molar-refractivity contribution in [3.63, 3.8) is 0 Å². The van der Waals surface area contributed by atoms with E-state index in [1.807, 2.05) is 0 Å². The van der Waals surface area contributed by atoms with Gasteiger partial charge in [0.25, 0.3) is 0 Å². The third-order valence-electron chi connectivity index (χ3n) is 4.80. The van der Waals surface area contributed by atoms with E-state index < -0.39 is 0 Å². The first kappa shape index (κ1) is 24.9. The molecular formula is C22H25FN5O2W-. The molecule has 2 atom stereocenters. The molecule has 164 valence electrons. The van der Waals surface area contributed by atoms with E-state index in [9.17, 15) is 9.50 Å². The van der Waals surface area contributed by atoms with Crippen LogP contribution in [-0.2, 0) is 21.1 Å². The maximum Gasteiger partial charge on any atom is 0.134 e. The third kappa shape index (κ3) is 6.79. The number of aromatic hydroxyl groups is 1. The van der Waals surface area contributed by atoms with Crippen LogP contribution in [0.2, 0.25) is 0 Å². The molecule has 3 N–H and O–H groups in total. The summed E-state index contributed by atoms with van der Waals surface area (Å²) in [7, 11) is 1.00. The van der Waals surface area contributed by atoms with Crippen LogP contribution in [0.3, 0.4) is 0 Å². The summed E-state index contributed by atoms with van der Waals surface area (Å²) in [6.45, 7) is 2.80. The minimum atomic E-state index is -0.322. The molecule has 0 spiro atoms. The molecule has 3 aromatic rings. The minimum absolute atomic E-state index is 0. The molecule has 31 heavy (non-hydrogen) atoms. The van der Waals surface area contributed by atoms with Crippen molar-refractivity contribution in [2.75, 3.05) is 19.0 Å². The molecule has 1 saturated heterocycles. The molecule has 1 aliphatic rings. The maximum atomic E-state index is 13.5. The number of halogens is 1. The summed E-state index contributed by atoms with van der Waals surface area (Å²) in [5.74, 6) is 1.13. The van der Waals surface area contributed by atoms with Crippen molar-refractivity contribution in [3.05, 3.63) is 65.8 Å². The van der Waals surface area contributed by atoms with Crippen LogP contribution < -0.4 is 5.32 Å². The molecule has 0 bridgehead atoms. The van der Waals surface area contributed by atoms with Gasteiger partial charge >= 0.3 is 0 Å². The predicted molar refractivity (Wildman–Crippen MR) is 114 cm³/mol. The number of aromatic nitrogens is 3. The van der Waals surface area contributed by atoms with Gasteiger partial charge < -0.3 is 20.8 Å². The third-order valence-corrected chi connectivity index (χ3v) is 4.80. The Morgan fingerprint density at radius 3 is 2.58 bits per heavy atom. The zero-order valence-electron chi connectivity index (χ0n) is 17.4. The Balaban J connectivity index is 0.00000111. The van der Waals surface area contributed by atoms with E-state index in [0.717, 1.165) is 20.0 Å². The molecule has 4 rings (SSSR count). The van der Waals surface area contributed by atoms with Crippen LogP contribution in [-0.4, -0.2) is 44.9 Å². The standard InChI is InChI=1S/C21H21FN5O.CH4O.W/c1-13-5-6-14(11-24-13)21-26-19(15-7-18(28)12-23-10-15)9-20(27-21)25-17-4-2-3-16(22)8-17;1-2;/h2-4,7-10,12-14,28H,5-6,11H2,1H3,(H,25,26,27);2H,1H3;/q-1;;/t13-,14+;;/m1../s1. The normalized spacial score (nSPS) is 17.7. The van der Waals surface area contributed by atoms with Crippen molar-refractivity contribution in [3.8, 4) is 17.0 Å². The molecule has 3 heterocycles. The molecule has 0 aliphatic carbocycles. The molecule has 2 aromatic heterocycles. The molecule has 1 fully saturated rings. The Hall–Kier alpha value is -2.41. The number of aliphatic hydroxyl groups excluding tert-OH is 1. The predicted octanol–water partition coefficient (Wildman–Crippen LogP) is 4.37. The van der Waals surface area contributed by atoms with Crippen LogP contribution in [0.5, 0.6) is 5.75 Å². The summed E-state index contributed by atoms with van der Waals surface area (Å²) in [5, 5.41) is 24.6. The van der Waals surface area contributed by atoms with Crippen LogP contribution >= 0.6 is 0 Å². The SMILES string of the molecule is CO.C[C@@H]1CC[C@H](c2nc(Nc3cccc(F)c3)cc(-c3cncc(O)c3)n2)C[N-]1.[W]. The average molecular weight is 594 g/mol. The van der Waals surface area contributed by atoms with Gasteiger partial charge in [-0.3, -0.25) is 4.98 Å². The largest absolute Gasteiger partial charge is 0.659 e. The number of hydrogen-bond acceptors (Lipinski definition) is 6. The molecule has 7 nitrogen and oxygen atoms in total. The van der Waals surface area contributed by atoms with Crippen LogP contribution in [0.25, 0.3) is 16.6 Å². The molecular weight excluding hydrogens is 569 g/mol. The smallest absolute Gasteiger partial charge is 0.134 e. The van der Waals surface area contributed by atoms with Gasteiger partial charge in [-0.25, -0.2) is 14.4 Å². The number of hydrogen-bond donors (Lipinski definition) is 3. The van der Waals surface area contributed by atoms with Gasteiger partial charge in [0.1, 0.15) is 23.2 Å². The summed E-state index contributed by atoms with van der Waals surface area (Å²) in [6.07, 6.45) is 4.98. The molecule has 1 aromatic carbocycles. The van der Waals surface area contributed by atoms with Crippen molar-refractivity contribution < 1.29 is 35.7 Å². The Kier molecular flexibility index (Phi) is 9.49. The fourth-order valence-electron chi connectivity index (χ4n) is 3.29. The molecule has 0 radical (unpaired) electrons. The van der Waals surface area contributed by atoms with E-state index in [0.29, 0.717) is 41.2 Å². The van der Waals surface area contributed by atoms with E-state index >= 15 is 0 Å². The first-order valence-electron chi connectivity index (χ1n) is 9.74. The second kappa shape index (κ2) is 11.8. The van der Waals surface area contributed by atoms with Crippen molar-refractivity contribution in [2.24, 2.45) is 0 Å². The van der Waals surface area contributed by atoms with Gasteiger partial charge in [-0.15, -0.1) is 12.6 Å². The van der Waals surface area contributed by atoms with Gasteiger partial charge in [0.15, 0.2) is 0 Å². The number of rotatable bonds is 4. The number of piperidine rings is 1. The van der Waals surface area contributed by atoms with Gasteiger partial charge in [0.2, 0.25) is 0 Å². The second-order valence-electron chi connectivity index (χ2n) is 7.05. The van der Waals surface area contributed by atoms with Gasteiger partial charge in [-0.1, -0.05) is 19.4 Å². The van der Waals surface area contributed by atoms with Crippen LogP contribution in [0.15, 0.2) is 48.8 Å². The molecule has 1 aliphatic heterocycles. The van der Waals surface area contributed by atoms with Crippen molar-refractivity contribution in [1.29, 1.82) is 0 Å². The van der Waals surface area contributed by atoms with E-state index in [4.69, 9.17) is 10.1 Å². The zero-order valence-corrected chi connectivity index (χ0v) is 20.3. The Labute approximate surface area is 195 Å². The van der Waals surface area contributed by atoms with E-state index in [2.05, 4.69) is 27.5 Å². The summed E-state index contributed by atoms with van der Waals surface area (Å²) in [4.78, 5) is 13.4. The minimum Gasteiger partial charge on any atom is -0.659 e. The number of anilines is 2. The van der Waals surface area contributed by atoms with Gasteiger partial charge in [0, 0.05) is 57.6 Å². The number of nitrogens with zero attached hydrogens (tertiary/aromatic N) is 4. The van der Waals surface area contributed by atoms with Crippen LogP contribution in [0.1, 0.15) is 31.5 Å². The van der Waals surface area contributed by atoms with Crippen LogP contribution in [0.4, 0.5) is 15.9 Å². The summed E-state index contributed by atoms with van der Waals surface area (Å²) in [6, 6.07) is 9.96. The van der Waals surface area contributed by atoms with Crippen LogP contribution in [0, 0.1) is 5.82 Å². The Morgan fingerprint density at radius 2 is 1.90 bits per heavy atom. The number of aliphatic hydroxyl groups is 1. The van der Waals surface area contributed by atoms with E-state index in [-0.39, 0.29) is 38.5 Å². The Bertz CT molecular complexity index is 984. The molecule has 0 unspecified atom stereocenters. The average Bonchev–Trinajstić information content (AvgIpc) is 2.75. The zero-order chi connectivity index (χ0) is 21.5. The number of nitrogens with one attached hydrogen (secondary N) is 1. The number of benzene rings is 1. The first-order valence-corrected chi connectivity index (χ1v) is 9.74. The van der Waals surface area contributed by atoms with Crippen molar-refractivity contribution >= 4 is 11.5 Å². The summed E-state index contributed by atoms with van der Waals surface area (Å²) in [5.41, 5.74) is 1.93. The first-order chi connectivity index (χ1) is 14.6. The molecule has 0 amide bonds. The summed E-state index contributed by atoms with van der Waals surface area (Å²) < 4.78 is 13.5. The maximum absolute atomic E-state index is 13.5. The van der Waals surface area contributed by atoms with Gasteiger partial charge in [-0.05, 0) is 30.7 Å². The number of pyridine rings is 1. The van der Waals surface area contributed by atoms with Crippen molar-refractivity contribution in [1.82, 2.24) is 15.0 Å². The topological polar surface area (TPSA) is 105 Å². The molecule has 9 heteroatoms. The second-order valence-corrected chi connectivity index (χ2v) is 7.05. The van der Waals surface area contributed by atoms with E-state index in [1.165, 1.54) is 18.3 Å². The monoisotopic (exact) mass is 594 g/mol. The van der Waals surface area contributed by atoms with E-state index in [1.54, 1.807) is 30.5 Å². The van der Waals surface area contributed by atoms with Crippen molar-refractivity contribution in [2.45, 2.75) is 31.7 Å². The fourth-order valence-corrected chi connectivity index (χ4v) is 3.29. The summed E-state index contributed by atoms with van der Waals surface area (Å²) >= 11 is 0. The fraction of sp³-hybridized carbons (Fsp3) is 0.318.